The molecule has 2 aliphatic rings. The molecule has 2 unspecified atom stereocenters. The van der Waals surface area contributed by atoms with Crippen molar-refractivity contribution in [2.24, 2.45) is 0 Å². The molecule has 18 heavy (non-hydrogen) atoms. The average Bonchev–Trinajstić information content (AvgIpc) is 2.95. The monoisotopic (exact) mass is 268 g/mol. The van der Waals surface area contributed by atoms with E-state index in [9.17, 15) is 4.79 Å². The number of hydrogen-bond acceptors (Lipinski definition) is 3. The van der Waals surface area contributed by atoms with Crippen molar-refractivity contribution >= 4 is 17.5 Å². The predicted molar refractivity (Wildman–Crippen MR) is 68.8 cm³/mol. The SMILES string of the molecule is CC1CN2CCCC2CN1C(=O)c1ccoc1Cl. The van der Waals surface area contributed by atoms with Gasteiger partial charge in [-0.3, -0.25) is 9.69 Å². The van der Waals surface area contributed by atoms with Crippen LogP contribution in [-0.4, -0.2) is 47.4 Å². The van der Waals surface area contributed by atoms with Crippen LogP contribution in [0.2, 0.25) is 5.22 Å². The number of hydrogen-bond donors (Lipinski definition) is 0. The van der Waals surface area contributed by atoms with Gasteiger partial charge in [-0.1, -0.05) is 0 Å². The Labute approximate surface area is 111 Å². The lowest BCUT2D eigenvalue weighted by Crippen LogP contribution is -2.56. The van der Waals surface area contributed by atoms with E-state index in [1.807, 2.05) is 4.90 Å². The highest BCUT2D eigenvalue weighted by molar-refractivity contribution is 6.32. The number of piperazine rings is 1. The molecule has 3 heterocycles. The molecule has 0 aromatic carbocycles. The lowest BCUT2D eigenvalue weighted by atomic mass is 10.1. The fourth-order valence-electron chi connectivity index (χ4n) is 3.07. The molecule has 0 N–H and O–H groups in total. The zero-order valence-electron chi connectivity index (χ0n) is 10.4. The first-order valence-corrected chi connectivity index (χ1v) is 6.82. The number of fused-ring (bicyclic) bond motifs is 1. The van der Waals surface area contributed by atoms with E-state index in [4.69, 9.17) is 16.0 Å². The third kappa shape index (κ3) is 1.93. The first-order valence-electron chi connectivity index (χ1n) is 6.45. The maximum atomic E-state index is 12.4. The van der Waals surface area contributed by atoms with Crippen LogP contribution in [0.5, 0.6) is 0 Å². The minimum atomic E-state index is -0.00667. The molecule has 0 bridgehead atoms. The molecule has 2 fully saturated rings. The number of halogens is 1. The second-order valence-electron chi connectivity index (χ2n) is 5.21. The van der Waals surface area contributed by atoms with Crippen LogP contribution in [0.4, 0.5) is 0 Å². The summed E-state index contributed by atoms with van der Waals surface area (Å²) >= 11 is 5.89. The van der Waals surface area contributed by atoms with Crippen molar-refractivity contribution < 1.29 is 9.21 Å². The Morgan fingerprint density at radius 3 is 3.06 bits per heavy atom. The molecule has 98 valence electrons. The van der Waals surface area contributed by atoms with E-state index in [0.717, 1.165) is 13.1 Å². The number of carbonyl (C=O) groups is 1. The largest absolute Gasteiger partial charge is 0.452 e. The lowest BCUT2D eigenvalue weighted by Gasteiger charge is -2.42. The summed E-state index contributed by atoms with van der Waals surface area (Å²) < 4.78 is 5.01. The molecule has 1 amide bonds. The molecular weight excluding hydrogens is 252 g/mol. The third-order valence-corrected chi connectivity index (χ3v) is 4.34. The number of carbonyl (C=O) groups excluding carboxylic acids is 1. The van der Waals surface area contributed by atoms with Crippen molar-refractivity contribution in [1.29, 1.82) is 0 Å². The Morgan fingerprint density at radius 2 is 2.33 bits per heavy atom. The number of furan rings is 1. The predicted octanol–water partition coefficient (Wildman–Crippen LogP) is 2.24. The third-order valence-electron chi connectivity index (χ3n) is 4.05. The normalized spacial score (nSPS) is 28.4. The summed E-state index contributed by atoms with van der Waals surface area (Å²) in [6.45, 7) is 5.04. The highest BCUT2D eigenvalue weighted by Crippen LogP contribution is 2.27. The summed E-state index contributed by atoms with van der Waals surface area (Å²) in [5, 5.41) is 0.195. The first kappa shape index (κ1) is 12.1. The Morgan fingerprint density at radius 1 is 1.50 bits per heavy atom. The molecule has 0 saturated carbocycles. The van der Waals surface area contributed by atoms with Crippen LogP contribution in [0.3, 0.4) is 0 Å². The van der Waals surface area contributed by atoms with Crippen LogP contribution < -0.4 is 0 Å². The van der Waals surface area contributed by atoms with Gasteiger partial charge >= 0.3 is 0 Å². The minimum absolute atomic E-state index is 0.00667. The van der Waals surface area contributed by atoms with Gasteiger partial charge in [0.15, 0.2) is 0 Å². The van der Waals surface area contributed by atoms with Gasteiger partial charge in [-0.25, -0.2) is 0 Å². The second-order valence-corrected chi connectivity index (χ2v) is 5.55. The summed E-state index contributed by atoms with van der Waals surface area (Å²) in [6.07, 6.45) is 3.90. The molecule has 2 saturated heterocycles. The maximum Gasteiger partial charge on any atom is 0.259 e. The highest BCUT2D eigenvalue weighted by atomic mass is 35.5. The standard InChI is InChI=1S/C13H17ClN2O2/c1-9-7-15-5-2-3-10(15)8-16(9)13(17)11-4-6-18-12(11)14/h4,6,9-10H,2-3,5,7-8H2,1H3. The van der Waals surface area contributed by atoms with Gasteiger partial charge in [0.1, 0.15) is 0 Å². The van der Waals surface area contributed by atoms with Gasteiger partial charge in [0, 0.05) is 25.2 Å². The van der Waals surface area contributed by atoms with E-state index >= 15 is 0 Å². The molecule has 3 rings (SSSR count). The van der Waals surface area contributed by atoms with Crippen LogP contribution in [0.15, 0.2) is 16.7 Å². The lowest BCUT2D eigenvalue weighted by molar-refractivity contribution is 0.0395. The van der Waals surface area contributed by atoms with Crippen molar-refractivity contribution in [3.63, 3.8) is 0 Å². The van der Waals surface area contributed by atoms with Crippen LogP contribution >= 0.6 is 11.6 Å². The fourth-order valence-corrected chi connectivity index (χ4v) is 3.27. The Bertz CT molecular complexity index is 460. The van der Waals surface area contributed by atoms with Gasteiger partial charge in [0.2, 0.25) is 5.22 Å². The minimum Gasteiger partial charge on any atom is -0.452 e. The topological polar surface area (TPSA) is 36.7 Å². The molecule has 5 heteroatoms. The van der Waals surface area contributed by atoms with Gasteiger partial charge in [0.05, 0.1) is 11.8 Å². The number of nitrogens with zero attached hydrogens (tertiary/aromatic N) is 2. The van der Waals surface area contributed by atoms with Crippen LogP contribution in [-0.2, 0) is 0 Å². The fraction of sp³-hybridized carbons (Fsp3) is 0.615. The van der Waals surface area contributed by atoms with E-state index in [1.54, 1.807) is 6.07 Å². The van der Waals surface area contributed by atoms with Crippen molar-refractivity contribution in [2.75, 3.05) is 19.6 Å². The van der Waals surface area contributed by atoms with Crippen molar-refractivity contribution in [3.8, 4) is 0 Å². The van der Waals surface area contributed by atoms with E-state index in [2.05, 4.69) is 11.8 Å². The summed E-state index contributed by atoms with van der Waals surface area (Å²) in [5.74, 6) is -0.00667. The summed E-state index contributed by atoms with van der Waals surface area (Å²) in [4.78, 5) is 16.9. The van der Waals surface area contributed by atoms with Gasteiger partial charge in [0.25, 0.3) is 5.91 Å². The number of amides is 1. The molecule has 0 radical (unpaired) electrons. The van der Waals surface area contributed by atoms with E-state index in [1.165, 1.54) is 25.6 Å². The van der Waals surface area contributed by atoms with E-state index in [-0.39, 0.29) is 17.2 Å². The Balaban J connectivity index is 1.79. The van der Waals surface area contributed by atoms with Gasteiger partial charge in [-0.15, -0.1) is 0 Å². The van der Waals surface area contributed by atoms with Crippen molar-refractivity contribution in [3.05, 3.63) is 23.1 Å². The molecule has 0 spiro atoms. The van der Waals surface area contributed by atoms with E-state index < -0.39 is 0 Å². The van der Waals surface area contributed by atoms with Gasteiger partial charge < -0.3 is 9.32 Å². The maximum absolute atomic E-state index is 12.4. The first-order chi connectivity index (χ1) is 8.66. The van der Waals surface area contributed by atoms with Crippen molar-refractivity contribution in [1.82, 2.24) is 9.80 Å². The Kier molecular flexibility index (Phi) is 3.08. The van der Waals surface area contributed by atoms with E-state index in [0.29, 0.717) is 11.6 Å². The van der Waals surface area contributed by atoms with Gasteiger partial charge in [-0.05, 0) is 44.0 Å². The highest BCUT2D eigenvalue weighted by Gasteiger charge is 2.37. The molecule has 0 aliphatic carbocycles. The van der Waals surface area contributed by atoms with Crippen LogP contribution in [0, 0.1) is 0 Å². The zero-order valence-corrected chi connectivity index (χ0v) is 11.2. The molecule has 4 nitrogen and oxygen atoms in total. The second kappa shape index (κ2) is 4.59. The summed E-state index contributed by atoms with van der Waals surface area (Å²) in [5.41, 5.74) is 0.481. The molecule has 1 aromatic rings. The zero-order chi connectivity index (χ0) is 12.7. The quantitative estimate of drug-likeness (QED) is 0.784. The summed E-state index contributed by atoms with van der Waals surface area (Å²) in [6, 6.07) is 2.41. The average molecular weight is 269 g/mol. The molecule has 2 atom stereocenters. The smallest absolute Gasteiger partial charge is 0.259 e. The van der Waals surface area contributed by atoms with Gasteiger partial charge in [-0.2, -0.15) is 0 Å². The van der Waals surface area contributed by atoms with Crippen LogP contribution in [0.25, 0.3) is 0 Å². The molecule has 2 aliphatic heterocycles. The van der Waals surface area contributed by atoms with Crippen molar-refractivity contribution in [2.45, 2.75) is 31.8 Å². The Hall–Kier alpha value is -1.00. The van der Waals surface area contributed by atoms with Crippen LogP contribution in [0.1, 0.15) is 30.1 Å². The summed E-state index contributed by atoms with van der Waals surface area (Å²) in [7, 11) is 0. The number of rotatable bonds is 1. The molecular formula is C13H17ClN2O2. The molecule has 1 aromatic heterocycles.